The second-order valence-electron chi connectivity index (χ2n) is 21.8. The third-order valence-corrected chi connectivity index (χ3v) is 14.7. The molecule has 0 bridgehead atoms. The number of hydrogen-bond acceptors (Lipinski definition) is 8. The molecule has 0 unspecified atom stereocenters. The number of nitrogens with two attached hydrogens (primary N) is 1. The Balaban J connectivity index is 0.000000148. The summed E-state index contributed by atoms with van der Waals surface area (Å²) in [5, 5.41) is 21.9. The van der Waals surface area contributed by atoms with Crippen molar-refractivity contribution in [2.45, 2.75) is 26.8 Å². The van der Waals surface area contributed by atoms with E-state index in [0.717, 1.165) is 108 Å². The first-order valence-corrected chi connectivity index (χ1v) is 30.2. The maximum Gasteiger partial charge on any atom is 0.204 e. The molecule has 12 rings (SSSR count). The molecular weight excluding hydrogens is 1100 g/mol. The second kappa shape index (κ2) is 31.3. The van der Waals surface area contributed by atoms with Gasteiger partial charge in [0.1, 0.15) is 11.7 Å². The smallest absolute Gasteiger partial charge is 0.204 e. The zero-order valence-electron chi connectivity index (χ0n) is 51.8. The van der Waals surface area contributed by atoms with Gasteiger partial charge in [0, 0.05) is 145 Å². The van der Waals surface area contributed by atoms with Crippen LogP contribution in [0.25, 0.3) is 0 Å². The Morgan fingerprint density at radius 2 is 0.544 bits per heavy atom. The molecule has 0 saturated carbocycles. The van der Waals surface area contributed by atoms with Crippen molar-refractivity contribution in [3.63, 3.8) is 0 Å². The highest BCUT2D eigenvalue weighted by atomic mass is 14.9. The zero-order chi connectivity index (χ0) is 62.3. The van der Waals surface area contributed by atoms with Gasteiger partial charge >= 0.3 is 0 Å². The van der Waals surface area contributed by atoms with E-state index >= 15 is 0 Å². The van der Waals surface area contributed by atoms with Crippen molar-refractivity contribution in [1.82, 2.24) is 0 Å². The van der Waals surface area contributed by atoms with E-state index in [1.807, 2.05) is 106 Å². The Bertz CT molecular complexity index is 3930. The minimum Gasteiger partial charge on any atom is -0.388 e. The molecule has 0 radical (unpaired) electrons. The molecule has 0 amide bonds. The van der Waals surface area contributed by atoms with E-state index in [1.165, 1.54) is 22.4 Å². The molecule has 0 aliphatic heterocycles. The fraction of sp³-hybridized carbons (Fsp3) is 0.0897. The van der Waals surface area contributed by atoms with Crippen LogP contribution >= 0.6 is 0 Å². The number of nitrogens with one attached hydrogen (secondary N) is 9. The third kappa shape index (κ3) is 19.3. The largest absolute Gasteiger partial charge is 0.388 e. The van der Waals surface area contributed by atoms with Crippen LogP contribution in [-0.4, -0.2) is 55.7 Å². The third-order valence-electron chi connectivity index (χ3n) is 14.7. The van der Waals surface area contributed by atoms with E-state index in [2.05, 4.69) is 284 Å². The van der Waals surface area contributed by atoms with Crippen molar-refractivity contribution >= 4 is 114 Å². The Labute approximate surface area is 529 Å². The molecule has 0 atom stereocenters. The van der Waals surface area contributed by atoms with E-state index in [9.17, 15) is 0 Å². The predicted octanol–water partition coefficient (Wildman–Crippen LogP) is 13.0. The summed E-state index contributed by atoms with van der Waals surface area (Å²) in [6.45, 7) is 6.28. The van der Waals surface area contributed by atoms with E-state index in [0.29, 0.717) is 6.04 Å². The highest BCUT2D eigenvalue weighted by Gasteiger charge is 2.14. The van der Waals surface area contributed by atoms with E-state index < -0.39 is 0 Å². The van der Waals surface area contributed by atoms with Crippen LogP contribution in [0.1, 0.15) is 16.7 Å². The lowest BCUT2D eigenvalue weighted by Gasteiger charge is -2.09. The molecule has 90 heavy (non-hydrogen) atoms. The Morgan fingerprint density at radius 3 is 0.878 bits per heavy atom. The average molecular weight is 1180 g/mol. The predicted molar refractivity (Wildman–Crippen MR) is 382 cm³/mol. The summed E-state index contributed by atoms with van der Waals surface area (Å²) < 4.78 is 0. The summed E-state index contributed by atoms with van der Waals surface area (Å²) >= 11 is 0. The van der Waals surface area contributed by atoms with E-state index in [1.54, 1.807) is 0 Å². The molecule has 0 spiro atoms. The highest BCUT2D eigenvalue weighted by molar-refractivity contribution is 6.19. The van der Waals surface area contributed by atoms with Gasteiger partial charge in [0.05, 0.1) is 22.8 Å². The molecule has 446 valence electrons. The van der Waals surface area contributed by atoms with Gasteiger partial charge in [0.25, 0.3) is 0 Å². The van der Waals surface area contributed by atoms with Gasteiger partial charge in [0.15, 0.2) is 0 Å². The van der Waals surface area contributed by atoms with Gasteiger partial charge in [-0.15, -0.1) is 0 Å². The van der Waals surface area contributed by atoms with Gasteiger partial charge in [-0.05, 0) is 203 Å². The number of anilines is 9. The number of rotatable bonds is 16. The summed E-state index contributed by atoms with van der Waals surface area (Å²) in [5.41, 5.74) is 24.7. The van der Waals surface area contributed by atoms with E-state index in [-0.39, 0.29) is 0 Å². The van der Waals surface area contributed by atoms with Crippen molar-refractivity contribution in [1.29, 1.82) is 0 Å². The molecule has 12 heteroatoms. The number of hydrogen-bond donors (Lipinski definition) is 10. The normalized spacial score (nSPS) is 13.4. The molecule has 9 aromatic rings. The fourth-order valence-electron chi connectivity index (χ4n) is 9.49. The lowest BCUT2D eigenvalue weighted by atomic mass is 10.1. The first-order valence-electron chi connectivity index (χ1n) is 30.2. The Hall–Kier alpha value is -11.5. The number of aryl methyl sites for hydroxylation is 3. The van der Waals surface area contributed by atoms with Crippen LogP contribution in [0.4, 0.5) is 85.3 Å². The summed E-state index contributed by atoms with van der Waals surface area (Å²) in [7, 11) is 5.75. The first-order chi connectivity index (χ1) is 44.0. The second-order valence-corrected chi connectivity index (χ2v) is 21.8. The van der Waals surface area contributed by atoms with Gasteiger partial charge in [-0.3, -0.25) is 0 Å². The average Bonchev–Trinajstić information content (AvgIpc) is 3.72. The van der Waals surface area contributed by atoms with Crippen molar-refractivity contribution in [3.8, 4) is 0 Å². The quantitative estimate of drug-likeness (QED) is 0.0343. The van der Waals surface area contributed by atoms with Gasteiger partial charge in [0.2, 0.25) is 34.2 Å². The number of aliphatic imine (C=N–C) groups is 2. The van der Waals surface area contributed by atoms with E-state index in [4.69, 9.17) is 4.99 Å². The number of allylic oxidation sites excluding steroid dienone is 10. The molecule has 3 aliphatic carbocycles. The summed E-state index contributed by atoms with van der Waals surface area (Å²) in [6.07, 6.45) is 25.0. The minimum absolute atomic E-state index is 0.319. The van der Waals surface area contributed by atoms with Crippen LogP contribution in [0.5, 0.6) is 0 Å². The molecule has 0 heterocycles. The zero-order valence-corrected chi connectivity index (χ0v) is 51.8. The SMILES string of the molecule is CNc1ccc(Nc2ccc(N=C3C=CC(=Nc4ccc(C)cc4)C=C3)cc2)cc1.CNc1ccc(Nc2ccc([NH+]=C3C=CC(=[NH+]c4ccc(C)cc4)C=C3)cc2)cc1.CNc1ccc(Nc2ccc([NH+]=C3C=CC([NH2+]c4ccc(C)cc4)C=C3)cc2)cc1. The molecule has 3 aliphatic rings. The number of quaternary nitrogens is 1. The van der Waals surface area contributed by atoms with Crippen LogP contribution < -0.4 is 52.2 Å². The fourth-order valence-corrected chi connectivity index (χ4v) is 9.49. The molecule has 9 aromatic carbocycles. The van der Waals surface area contributed by atoms with Crippen LogP contribution in [0, 0.1) is 20.8 Å². The molecule has 11 N–H and O–H groups in total. The lowest BCUT2D eigenvalue weighted by Crippen LogP contribution is -2.83. The van der Waals surface area contributed by atoms with Crippen LogP contribution in [0.3, 0.4) is 0 Å². The maximum absolute atomic E-state index is 4.69. The van der Waals surface area contributed by atoms with Gasteiger partial charge in [-0.25, -0.2) is 25.0 Å². The molecule has 12 nitrogen and oxygen atoms in total. The lowest BCUT2D eigenvalue weighted by molar-refractivity contribution is -0.587. The van der Waals surface area contributed by atoms with Crippen molar-refractivity contribution in [2.24, 2.45) is 9.98 Å². The number of nitrogens with zero attached hydrogens (tertiary/aromatic N) is 2. The van der Waals surface area contributed by atoms with Gasteiger partial charge < -0.3 is 37.2 Å². The Kier molecular flexibility index (Phi) is 21.4. The Morgan fingerprint density at radius 1 is 0.289 bits per heavy atom. The van der Waals surface area contributed by atoms with Crippen LogP contribution in [0.15, 0.2) is 301 Å². The molecule has 0 saturated heterocycles. The highest BCUT2D eigenvalue weighted by Crippen LogP contribution is 2.25. The summed E-state index contributed by atoms with van der Waals surface area (Å²) in [5.74, 6) is 0. The maximum atomic E-state index is 4.69. The number of benzene rings is 9. The van der Waals surface area contributed by atoms with Crippen LogP contribution in [-0.2, 0) is 0 Å². The van der Waals surface area contributed by atoms with Crippen molar-refractivity contribution < 1.29 is 20.3 Å². The monoisotopic (exact) mass is 1180 g/mol. The molecular formula is C78H78N12+4. The van der Waals surface area contributed by atoms with Crippen molar-refractivity contribution in [3.05, 3.63) is 308 Å². The summed E-state index contributed by atoms with van der Waals surface area (Å²) in [6, 6.07) is 74.9. The minimum atomic E-state index is 0.319. The standard InChI is InChI=1S/C26H26N4.2C26H24N4/c3*1-19-3-5-21(6-4-19)28-23-11-13-25(14-12-23)30-26-17-15-24(16-18-26)29-22-9-7-20(27-2)8-10-22/h3-18,23,27-29H,1-2H3;2*3-18,27,29H,1-2H3/p+4. The topological polar surface area (TPSA) is 155 Å². The van der Waals surface area contributed by atoms with Crippen molar-refractivity contribution in [2.75, 3.05) is 53.0 Å². The first kappa shape index (κ1) is 61.6. The van der Waals surface area contributed by atoms with Gasteiger partial charge in [-0.2, -0.15) is 0 Å². The summed E-state index contributed by atoms with van der Waals surface area (Å²) in [4.78, 5) is 19.7. The molecule has 0 aromatic heterocycles. The van der Waals surface area contributed by atoms with Gasteiger partial charge in [-0.1, -0.05) is 53.1 Å². The molecule has 0 fully saturated rings. The van der Waals surface area contributed by atoms with Crippen LogP contribution in [0.2, 0.25) is 0 Å².